The summed E-state index contributed by atoms with van der Waals surface area (Å²) < 4.78 is 40.4. The molecule has 1 heterocycles. The van der Waals surface area contributed by atoms with Crippen LogP contribution in [0.15, 0.2) is 24.3 Å². The Balaban J connectivity index is 0.00000392. The van der Waals surface area contributed by atoms with E-state index in [1.807, 2.05) is 0 Å². The molecular formula is C18H25ClF3N3O3. The number of nitrogens with zero attached hydrogens (tertiary/aromatic N) is 1. The van der Waals surface area contributed by atoms with E-state index in [9.17, 15) is 22.8 Å². The second kappa shape index (κ2) is 11.1. The maximum atomic E-state index is 12.6. The van der Waals surface area contributed by atoms with E-state index in [1.54, 1.807) is 4.90 Å². The minimum Gasteiger partial charge on any atom is -0.406 e. The van der Waals surface area contributed by atoms with E-state index >= 15 is 0 Å². The summed E-state index contributed by atoms with van der Waals surface area (Å²) in [5, 5.41) is 2.80. The Morgan fingerprint density at radius 1 is 1.21 bits per heavy atom. The van der Waals surface area contributed by atoms with E-state index in [4.69, 9.17) is 5.73 Å². The van der Waals surface area contributed by atoms with Crippen LogP contribution in [0.5, 0.6) is 5.75 Å². The van der Waals surface area contributed by atoms with Crippen molar-refractivity contribution >= 4 is 24.2 Å². The fourth-order valence-electron chi connectivity index (χ4n) is 3.08. The highest BCUT2D eigenvalue weighted by molar-refractivity contribution is 5.85. The summed E-state index contributed by atoms with van der Waals surface area (Å²) in [6.07, 6.45) is -1.76. The van der Waals surface area contributed by atoms with Gasteiger partial charge in [0, 0.05) is 32.1 Å². The zero-order valence-corrected chi connectivity index (χ0v) is 16.2. The van der Waals surface area contributed by atoms with Crippen molar-refractivity contribution in [3.05, 3.63) is 29.8 Å². The number of benzene rings is 1. The first-order valence-electron chi connectivity index (χ1n) is 8.89. The summed E-state index contributed by atoms with van der Waals surface area (Å²) in [5.41, 5.74) is 5.95. The molecule has 0 aliphatic carbocycles. The van der Waals surface area contributed by atoms with E-state index in [0.29, 0.717) is 18.7 Å². The van der Waals surface area contributed by atoms with Crippen LogP contribution in [0.4, 0.5) is 13.2 Å². The Bertz CT molecular complexity index is 641. The van der Waals surface area contributed by atoms with Gasteiger partial charge in [-0.1, -0.05) is 12.1 Å². The van der Waals surface area contributed by atoms with Crippen molar-refractivity contribution in [1.29, 1.82) is 0 Å². The third-order valence-corrected chi connectivity index (χ3v) is 4.37. The lowest BCUT2D eigenvalue weighted by Crippen LogP contribution is -2.50. The summed E-state index contributed by atoms with van der Waals surface area (Å²) >= 11 is 0. The number of piperidine rings is 1. The molecule has 1 saturated heterocycles. The van der Waals surface area contributed by atoms with Gasteiger partial charge in [-0.05, 0) is 37.0 Å². The Kier molecular flexibility index (Phi) is 9.54. The Labute approximate surface area is 168 Å². The molecule has 2 rings (SSSR count). The van der Waals surface area contributed by atoms with Crippen LogP contribution in [0.1, 0.15) is 31.2 Å². The maximum Gasteiger partial charge on any atom is 0.573 e. The number of hydrogen-bond acceptors (Lipinski definition) is 4. The van der Waals surface area contributed by atoms with Gasteiger partial charge in [0.2, 0.25) is 11.8 Å². The summed E-state index contributed by atoms with van der Waals surface area (Å²) in [5.74, 6) is -0.579. The van der Waals surface area contributed by atoms with E-state index in [2.05, 4.69) is 10.1 Å². The monoisotopic (exact) mass is 423 g/mol. The van der Waals surface area contributed by atoms with Crippen molar-refractivity contribution in [1.82, 2.24) is 10.2 Å². The third-order valence-electron chi connectivity index (χ3n) is 4.37. The number of likely N-dealkylation sites (tertiary alicyclic amines) is 1. The van der Waals surface area contributed by atoms with Crippen molar-refractivity contribution < 1.29 is 27.5 Å². The number of carbonyl (C=O) groups excluding carboxylic acids is 2. The van der Waals surface area contributed by atoms with Crippen molar-refractivity contribution in [3.8, 4) is 5.75 Å². The van der Waals surface area contributed by atoms with E-state index in [-0.39, 0.29) is 55.4 Å². The molecule has 2 amide bonds. The predicted molar refractivity (Wildman–Crippen MR) is 100 cm³/mol. The standard InChI is InChI=1S/C18H24F3N3O3.ClH/c19-18(20,21)27-15-6-4-13(5-7-15)11-17(26)24-10-2-1-3-14(24)12-23-16(25)8-9-22;/h4-7,14H,1-3,8-12,22H2,(H,23,25);1H. The van der Waals surface area contributed by atoms with Gasteiger partial charge in [0.25, 0.3) is 0 Å². The molecule has 1 aliphatic heterocycles. The zero-order valence-electron chi connectivity index (χ0n) is 15.3. The lowest BCUT2D eigenvalue weighted by Gasteiger charge is -2.36. The SMILES string of the molecule is Cl.NCCC(=O)NCC1CCCCN1C(=O)Cc1ccc(OC(F)(F)F)cc1. The molecule has 1 aromatic rings. The lowest BCUT2D eigenvalue weighted by atomic mass is 10.0. The van der Waals surface area contributed by atoms with Crippen molar-refractivity contribution in [3.63, 3.8) is 0 Å². The van der Waals surface area contributed by atoms with E-state index < -0.39 is 6.36 Å². The number of nitrogens with two attached hydrogens (primary N) is 1. The molecule has 1 aromatic carbocycles. The van der Waals surface area contributed by atoms with E-state index in [1.165, 1.54) is 24.3 Å². The van der Waals surface area contributed by atoms with E-state index in [0.717, 1.165) is 19.3 Å². The molecule has 28 heavy (non-hydrogen) atoms. The topological polar surface area (TPSA) is 84.7 Å². The minimum atomic E-state index is -4.74. The molecule has 10 heteroatoms. The molecule has 0 saturated carbocycles. The minimum absolute atomic E-state index is 0. The molecule has 0 spiro atoms. The second-order valence-electron chi connectivity index (χ2n) is 6.45. The molecule has 1 unspecified atom stereocenters. The highest BCUT2D eigenvalue weighted by Gasteiger charge is 2.31. The number of alkyl halides is 3. The van der Waals surface area contributed by atoms with Crippen LogP contribution in [-0.2, 0) is 16.0 Å². The normalized spacial score (nSPS) is 16.9. The van der Waals surface area contributed by atoms with Gasteiger partial charge in [-0.3, -0.25) is 9.59 Å². The van der Waals surface area contributed by atoms with Crippen LogP contribution < -0.4 is 15.8 Å². The largest absolute Gasteiger partial charge is 0.573 e. The maximum absolute atomic E-state index is 12.6. The third kappa shape index (κ3) is 7.93. The highest BCUT2D eigenvalue weighted by Crippen LogP contribution is 2.23. The number of nitrogens with one attached hydrogen (secondary N) is 1. The molecule has 1 atom stereocenters. The van der Waals surface area contributed by atoms with Gasteiger partial charge in [0.15, 0.2) is 0 Å². The smallest absolute Gasteiger partial charge is 0.406 e. The van der Waals surface area contributed by atoms with Crippen LogP contribution in [0.25, 0.3) is 0 Å². The second-order valence-corrected chi connectivity index (χ2v) is 6.45. The van der Waals surface area contributed by atoms with Gasteiger partial charge in [0.05, 0.1) is 6.42 Å². The molecule has 158 valence electrons. The first-order chi connectivity index (χ1) is 12.8. The molecule has 3 N–H and O–H groups in total. The van der Waals surface area contributed by atoms with Gasteiger partial charge < -0.3 is 20.7 Å². The highest BCUT2D eigenvalue weighted by atomic mass is 35.5. The van der Waals surface area contributed by atoms with Crippen LogP contribution in [0, 0.1) is 0 Å². The number of carbonyl (C=O) groups is 2. The summed E-state index contributed by atoms with van der Waals surface area (Å²) in [7, 11) is 0. The fourth-order valence-corrected chi connectivity index (χ4v) is 3.08. The molecule has 1 aliphatic rings. The summed E-state index contributed by atoms with van der Waals surface area (Å²) in [6, 6.07) is 5.19. The molecule has 0 aromatic heterocycles. The first-order valence-corrected chi connectivity index (χ1v) is 8.89. The number of hydrogen-bond donors (Lipinski definition) is 2. The lowest BCUT2D eigenvalue weighted by molar-refractivity contribution is -0.274. The molecular weight excluding hydrogens is 399 g/mol. The Morgan fingerprint density at radius 2 is 1.89 bits per heavy atom. The number of halogens is 4. The average Bonchev–Trinajstić information content (AvgIpc) is 2.61. The van der Waals surface area contributed by atoms with Gasteiger partial charge in [-0.15, -0.1) is 25.6 Å². The van der Waals surface area contributed by atoms with Gasteiger partial charge >= 0.3 is 6.36 Å². The molecule has 6 nitrogen and oxygen atoms in total. The van der Waals surface area contributed by atoms with Crippen molar-refractivity contribution in [2.45, 2.75) is 44.5 Å². The first kappa shape index (κ1) is 24.0. The number of ether oxygens (including phenoxy) is 1. The van der Waals surface area contributed by atoms with Crippen molar-refractivity contribution in [2.75, 3.05) is 19.6 Å². The Morgan fingerprint density at radius 3 is 2.50 bits per heavy atom. The Hall–Kier alpha value is -2.00. The van der Waals surface area contributed by atoms with Crippen molar-refractivity contribution in [2.24, 2.45) is 5.73 Å². The number of rotatable bonds is 7. The van der Waals surface area contributed by atoms with Crippen LogP contribution in [0.2, 0.25) is 0 Å². The quantitative estimate of drug-likeness (QED) is 0.705. The van der Waals surface area contributed by atoms with Gasteiger partial charge in [0.1, 0.15) is 5.75 Å². The summed E-state index contributed by atoms with van der Waals surface area (Å²) in [6.45, 7) is 1.25. The van der Waals surface area contributed by atoms with Crippen LogP contribution >= 0.6 is 12.4 Å². The molecule has 1 fully saturated rings. The van der Waals surface area contributed by atoms with Gasteiger partial charge in [-0.2, -0.15) is 0 Å². The summed E-state index contributed by atoms with van der Waals surface area (Å²) in [4.78, 5) is 26.0. The fraction of sp³-hybridized carbons (Fsp3) is 0.556. The van der Waals surface area contributed by atoms with Gasteiger partial charge in [-0.25, -0.2) is 0 Å². The van der Waals surface area contributed by atoms with Crippen LogP contribution in [0.3, 0.4) is 0 Å². The average molecular weight is 424 g/mol. The molecule has 0 bridgehead atoms. The van der Waals surface area contributed by atoms with Crippen LogP contribution in [-0.4, -0.2) is 48.8 Å². The predicted octanol–water partition coefficient (Wildman–Crippen LogP) is 2.40. The molecule has 0 radical (unpaired) electrons. The zero-order chi connectivity index (χ0) is 19.9. The number of amides is 2.